The number of nitrogens with one attached hydrogen (secondary N) is 2. The molecular formula is C30H38N2O3S. The van der Waals surface area contributed by atoms with Crippen LogP contribution in [-0.2, 0) is 20.8 Å². The maximum atomic E-state index is 13.0. The highest BCUT2D eigenvalue weighted by Crippen LogP contribution is 2.39. The highest BCUT2D eigenvalue weighted by Gasteiger charge is 2.35. The van der Waals surface area contributed by atoms with Gasteiger partial charge in [0.1, 0.15) is 0 Å². The Kier molecular flexibility index (Phi) is 8.55. The minimum Gasteiger partial charge on any atom is -0.326 e. The topological polar surface area (TPSA) is 75.3 Å². The van der Waals surface area contributed by atoms with Gasteiger partial charge in [0.2, 0.25) is 11.8 Å². The number of hydrogen-bond donors (Lipinski definition) is 2. The maximum absolute atomic E-state index is 13.0. The van der Waals surface area contributed by atoms with E-state index in [4.69, 9.17) is 0 Å². The second kappa shape index (κ2) is 11.6. The second-order valence-corrected chi connectivity index (χ2v) is 12.1. The van der Waals surface area contributed by atoms with Gasteiger partial charge in [-0.25, -0.2) is 0 Å². The summed E-state index contributed by atoms with van der Waals surface area (Å²) in [7, 11) is 0. The first-order valence-corrected chi connectivity index (χ1v) is 14.1. The van der Waals surface area contributed by atoms with Crippen LogP contribution in [0.2, 0.25) is 0 Å². The van der Waals surface area contributed by atoms with Crippen LogP contribution < -0.4 is 10.6 Å². The molecule has 5 nitrogen and oxygen atoms in total. The van der Waals surface area contributed by atoms with E-state index in [0.717, 1.165) is 79.3 Å². The van der Waals surface area contributed by atoms with Gasteiger partial charge in [-0.1, -0.05) is 76.6 Å². The predicted molar refractivity (Wildman–Crippen MR) is 147 cm³/mol. The zero-order valence-electron chi connectivity index (χ0n) is 21.5. The van der Waals surface area contributed by atoms with E-state index in [1.54, 1.807) is 0 Å². The van der Waals surface area contributed by atoms with Crippen LogP contribution in [0.4, 0.5) is 11.4 Å². The fourth-order valence-electron chi connectivity index (χ4n) is 5.42. The zero-order valence-corrected chi connectivity index (χ0v) is 22.3. The maximum Gasteiger partial charge on any atom is 0.230 e. The summed E-state index contributed by atoms with van der Waals surface area (Å²) in [4.78, 5) is 39.7. The molecule has 2 saturated carbocycles. The van der Waals surface area contributed by atoms with Crippen molar-refractivity contribution in [2.75, 3.05) is 10.6 Å². The van der Waals surface area contributed by atoms with Crippen LogP contribution in [0, 0.1) is 10.8 Å². The fourth-order valence-corrected chi connectivity index (χ4v) is 6.28. The molecule has 36 heavy (non-hydrogen) atoms. The Morgan fingerprint density at radius 1 is 0.750 bits per heavy atom. The molecule has 0 heterocycles. The molecule has 0 atom stereocenters. The van der Waals surface area contributed by atoms with Crippen LogP contribution in [0.1, 0.15) is 83.6 Å². The molecule has 0 radical (unpaired) electrons. The molecule has 2 aliphatic carbocycles. The van der Waals surface area contributed by atoms with E-state index in [2.05, 4.69) is 17.6 Å². The molecular weight excluding hydrogens is 468 g/mol. The molecule has 0 saturated heterocycles. The second-order valence-electron chi connectivity index (χ2n) is 11.0. The third-order valence-electron chi connectivity index (χ3n) is 7.90. The Labute approximate surface area is 219 Å². The lowest BCUT2D eigenvalue weighted by molar-refractivity contribution is -0.127. The number of amides is 2. The number of para-hydroxylation sites is 1. The number of hydrogen-bond acceptors (Lipinski definition) is 4. The Morgan fingerprint density at radius 3 is 1.97 bits per heavy atom. The molecule has 2 amide bonds. The van der Waals surface area contributed by atoms with Crippen molar-refractivity contribution in [3.63, 3.8) is 0 Å². The molecule has 4 rings (SSSR count). The number of benzene rings is 2. The highest BCUT2D eigenvalue weighted by atomic mass is 32.2. The summed E-state index contributed by atoms with van der Waals surface area (Å²) < 4.78 is 0. The van der Waals surface area contributed by atoms with Gasteiger partial charge in [0.25, 0.3) is 0 Å². The Hall–Kier alpha value is -2.60. The molecule has 0 aromatic heterocycles. The van der Waals surface area contributed by atoms with E-state index in [1.807, 2.05) is 55.5 Å². The van der Waals surface area contributed by atoms with Crippen LogP contribution in [-0.4, -0.2) is 16.9 Å². The van der Waals surface area contributed by atoms with E-state index in [9.17, 15) is 14.4 Å². The first-order valence-electron chi connectivity index (χ1n) is 13.3. The normalized spacial score (nSPS) is 18.7. The largest absolute Gasteiger partial charge is 0.326 e. The van der Waals surface area contributed by atoms with E-state index in [0.29, 0.717) is 5.69 Å². The van der Waals surface area contributed by atoms with Gasteiger partial charge in [-0.2, -0.15) is 0 Å². The number of rotatable bonds is 7. The van der Waals surface area contributed by atoms with Gasteiger partial charge in [-0.3, -0.25) is 14.4 Å². The van der Waals surface area contributed by atoms with E-state index in [1.165, 1.54) is 12.8 Å². The van der Waals surface area contributed by atoms with Crippen LogP contribution in [0.25, 0.3) is 0 Å². The van der Waals surface area contributed by atoms with Crippen LogP contribution >= 0.6 is 11.8 Å². The van der Waals surface area contributed by atoms with Crippen molar-refractivity contribution >= 4 is 40.1 Å². The molecule has 2 aromatic carbocycles. The Balaban J connectivity index is 1.37. The SMILES string of the molecule is CC1(C(=O)Nc2cccc(CC(=O)Sc3ccccc3NC(=O)C3(C)CCCCC3)c2)CCCCC1. The minimum atomic E-state index is -0.348. The Bertz CT molecular complexity index is 1100. The summed E-state index contributed by atoms with van der Waals surface area (Å²) in [6.07, 6.45) is 10.6. The molecule has 192 valence electrons. The lowest BCUT2D eigenvalue weighted by Crippen LogP contribution is -2.35. The summed E-state index contributed by atoms with van der Waals surface area (Å²) in [5.74, 6) is 0.106. The molecule has 0 spiro atoms. The summed E-state index contributed by atoms with van der Waals surface area (Å²) in [5, 5.41) is 6.16. The number of thioether (sulfide) groups is 1. The Morgan fingerprint density at radius 2 is 1.33 bits per heavy atom. The molecule has 6 heteroatoms. The highest BCUT2D eigenvalue weighted by molar-refractivity contribution is 8.13. The van der Waals surface area contributed by atoms with E-state index >= 15 is 0 Å². The monoisotopic (exact) mass is 506 g/mol. The van der Waals surface area contributed by atoms with Gasteiger partial charge in [-0.05, 0) is 67.3 Å². The van der Waals surface area contributed by atoms with Crippen molar-refractivity contribution in [3.8, 4) is 0 Å². The van der Waals surface area contributed by atoms with Gasteiger partial charge in [0.05, 0.1) is 5.69 Å². The quantitative estimate of drug-likeness (QED) is 0.385. The third kappa shape index (κ3) is 6.58. The molecule has 0 unspecified atom stereocenters. The third-order valence-corrected chi connectivity index (χ3v) is 8.85. The average Bonchev–Trinajstić information content (AvgIpc) is 2.86. The van der Waals surface area contributed by atoms with Crippen LogP contribution in [0.15, 0.2) is 53.4 Å². The molecule has 2 aliphatic rings. The average molecular weight is 507 g/mol. The van der Waals surface area contributed by atoms with Crippen molar-refractivity contribution in [1.29, 1.82) is 0 Å². The lowest BCUT2D eigenvalue weighted by Gasteiger charge is -2.32. The van der Waals surface area contributed by atoms with Crippen molar-refractivity contribution in [3.05, 3.63) is 54.1 Å². The predicted octanol–water partition coefficient (Wildman–Crippen LogP) is 7.37. The van der Waals surface area contributed by atoms with Crippen molar-refractivity contribution < 1.29 is 14.4 Å². The molecule has 0 bridgehead atoms. The van der Waals surface area contributed by atoms with Crippen LogP contribution in [0.5, 0.6) is 0 Å². The number of carbonyl (C=O) groups excluding carboxylic acids is 3. The summed E-state index contributed by atoms with van der Waals surface area (Å²) >= 11 is 1.15. The summed E-state index contributed by atoms with van der Waals surface area (Å²) in [6.45, 7) is 4.10. The first-order chi connectivity index (χ1) is 17.3. The van der Waals surface area contributed by atoms with Crippen LogP contribution in [0.3, 0.4) is 0 Å². The minimum absolute atomic E-state index is 0.0108. The zero-order chi connectivity index (χ0) is 25.6. The standard InChI is InChI=1S/C30H38N2O3S/c1-29(16-7-3-8-17-29)27(34)31-23-13-11-12-22(20-23)21-26(33)36-25-15-6-5-14-24(25)32-28(35)30(2)18-9-4-10-19-30/h5-6,11-15,20H,3-4,7-10,16-19,21H2,1-2H3,(H,31,34)(H,32,35). The molecule has 2 N–H and O–H groups in total. The van der Waals surface area contributed by atoms with Gasteiger partial charge < -0.3 is 10.6 Å². The number of carbonyl (C=O) groups is 3. The summed E-state index contributed by atoms with van der Waals surface area (Å²) in [5.41, 5.74) is 1.61. The fraction of sp³-hybridized carbons (Fsp3) is 0.500. The van der Waals surface area contributed by atoms with Gasteiger partial charge in [-0.15, -0.1) is 0 Å². The van der Waals surface area contributed by atoms with Gasteiger partial charge in [0, 0.05) is 27.8 Å². The van der Waals surface area contributed by atoms with Crippen molar-refractivity contribution in [1.82, 2.24) is 0 Å². The molecule has 0 aliphatic heterocycles. The van der Waals surface area contributed by atoms with E-state index in [-0.39, 0.29) is 34.2 Å². The first kappa shape index (κ1) is 26.5. The lowest BCUT2D eigenvalue weighted by atomic mass is 9.75. The number of anilines is 2. The smallest absolute Gasteiger partial charge is 0.230 e. The van der Waals surface area contributed by atoms with Gasteiger partial charge >= 0.3 is 0 Å². The molecule has 2 aromatic rings. The molecule has 2 fully saturated rings. The summed E-state index contributed by atoms with van der Waals surface area (Å²) in [6, 6.07) is 15.1. The van der Waals surface area contributed by atoms with Gasteiger partial charge in [0.15, 0.2) is 5.12 Å². The van der Waals surface area contributed by atoms with Crippen molar-refractivity contribution in [2.45, 2.75) is 89.4 Å². The van der Waals surface area contributed by atoms with Crippen molar-refractivity contribution in [2.24, 2.45) is 10.8 Å². The van der Waals surface area contributed by atoms with E-state index < -0.39 is 0 Å².